The van der Waals surface area contributed by atoms with Crippen LogP contribution in [0, 0.1) is 11.8 Å². The van der Waals surface area contributed by atoms with Crippen LogP contribution >= 0.6 is 0 Å². The van der Waals surface area contributed by atoms with E-state index >= 15 is 0 Å². The maximum Gasteiger partial charge on any atom is 0.407 e. The van der Waals surface area contributed by atoms with Crippen molar-refractivity contribution in [1.29, 1.82) is 0 Å². The fraction of sp³-hybridized carbons (Fsp3) is 0.423. The van der Waals surface area contributed by atoms with Crippen molar-refractivity contribution in [3.8, 4) is 11.1 Å². The zero-order chi connectivity index (χ0) is 24.1. The molecule has 0 spiro atoms. The Labute approximate surface area is 198 Å². The van der Waals surface area contributed by atoms with Gasteiger partial charge in [-0.05, 0) is 46.9 Å². The van der Waals surface area contributed by atoms with Gasteiger partial charge in [-0.2, -0.15) is 0 Å². The molecular formula is C26H30N2O6. The van der Waals surface area contributed by atoms with Gasteiger partial charge in [-0.25, -0.2) is 4.79 Å². The van der Waals surface area contributed by atoms with Crippen LogP contribution in [-0.4, -0.2) is 56.0 Å². The number of hydrogen-bond acceptors (Lipinski definition) is 5. The van der Waals surface area contributed by atoms with Crippen LogP contribution in [0.15, 0.2) is 48.5 Å². The number of alkyl carbamates (subject to hydrolysis) is 1. The Kier molecular flexibility index (Phi) is 7.47. The molecule has 2 aromatic carbocycles. The van der Waals surface area contributed by atoms with E-state index in [0.717, 1.165) is 35.1 Å². The summed E-state index contributed by atoms with van der Waals surface area (Å²) >= 11 is 0. The molecule has 2 aliphatic rings. The lowest BCUT2D eigenvalue weighted by molar-refractivity contribution is -0.139. The molecule has 1 atom stereocenters. The third-order valence-corrected chi connectivity index (χ3v) is 6.71. The molecule has 3 N–H and O–H groups in total. The van der Waals surface area contributed by atoms with Gasteiger partial charge in [0, 0.05) is 26.0 Å². The third kappa shape index (κ3) is 5.39. The fourth-order valence-electron chi connectivity index (χ4n) is 4.92. The maximum atomic E-state index is 12.4. The van der Waals surface area contributed by atoms with Gasteiger partial charge >= 0.3 is 12.1 Å². The molecule has 34 heavy (non-hydrogen) atoms. The summed E-state index contributed by atoms with van der Waals surface area (Å²) in [5.41, 5.74) is 4.58. The van der Waals surface area contributed by atoms with E-state index in [4.69, 9.17) is 14.6 Å². The van der Waals surface area contributed by atoms with Crippen LogP contribution in [0.2, 0.25) is 0 Å². The normalized spacial score (nSPS) is 19.3. The number of nitrogens with one attached hydrogen (secondary N) is 2. The molecule has 1 unspecified atom stereocenters. The topological polar surface area (TPSA) is 114 Å². The highest BCUT2D eigenvalue weighted by molar-refractivity contribution is 5.82. The molecule has 0 radical (unpaired) electrons. The van der Waals surface area contributed by atoms with Gasteiger partial charge in [0.25, 0.3) is 5.91 Å². The molecule has 180 valence electrons. The first kappa shape index (κ1) is 23.8. The molecule has 2 amide bonds. The first-order valence-electron chi connectivity index (χ1n) is 11.6. The number of amides is 2. The highest BCUT2D eigenvalue weighted by atomic mass is 16.5. The summed E-state index contributed by atoms with van der Waals surface area (Å²) in [7, 11) is 1.41. The summed E-state index contributed by atoms with van der Waals surface area (Å²) < 4.78 is 10.7. The summed E-state index contributed by atoms with van der Waals surface area (Å²) in [6.45, 7) is 0.661. The van der Waals surface area contributed by atoms with Crippen molar-refractivity contribution >= 4 is 18.0 Å². The number of carbonyl (C=O) groups excluding carboxylic acids is 2. The van der Waals surface area contributed by atoms with E-state index in [1.165, 1.54) is 7.11 Å². The molecule has 1 fully saturated rings. The van der Waals surface area contributed by atoms with Crippen LogP contribution in [0.1, 0.15) is 36.3 Å². The monoisotopic (exact) mass is 466 g/mol. The van der Waals surface area contributed by atoms with Crippen LogP contribution in [0.3, 0.4) is 0 Å². The van der Waals surface area contributed by atoms with E-state index in [-0.39, 0.29) is 43.2 Å². The minimum atomic E-state index is -0.838. The molecule has 4 rings (SSSR count). The second-order valence-corrected chi connectivity index (χ2v) is 8.98. The van der Waals surface area contributed by atoms with Gasteiger partial charge in [0.1, 0.15) is 6.61 Å². The second kappa shape index (κ2) is 10.7. The first-order chi connectivity index (χ1) is 16.5. The number of hydrogen-bond donors (Lipinski definition) is 3. The average Bonchev–Trinajstić information content (AvgIpc) is 3.13. The van der Waals surface area contributed by atoms with Crippen molar-refractivity contribution in [2.75, 3.05) is 26.8 Å². The number of aliphatic carboxylic acids is 1. The number of carbonyl (C=O) groups is 3. The Bertz CT molecular complexity index is 1000. The minimum absolute atomic E-state index is 0.00862. The number of carboxylic acid groups (broad SMARTS) is 1. The molecule has 2 aromatic rings. The van der Waals surface area contributed by atoms with Gasteiger partial charge in [0.15, 0.2) is 6.10 Å². The van der Waals surface area contributed by atoms with Crippen molar-refractivity contribution in [2.45, 2.75) is 31.3 Å². The number of rotatable bonds is 10. The van der Waals surface area contributed by atoms with Crippen LogP contribution in [0.5, 0.6) is 0 Å². The molecule has 1 saturated carbocycles. The van der Waals surface area contributed by atoms with E-state index in [2.05, 4.69) is 34.9 Å². The predicted octanol–water partition coefficient (Wildman–Crippen LogP) is 3.16. The van der Waals surface area contributed by atoms with Crippen LogP contribution in [0.4, 0.5) is 4.79 Å². The van der Waals surface area contributed by atoms with Gasteiger partial charge in [-0.3, -0.25) is 9.59 Å². The number of methoxy groups -OCH3 is 1. The minimum Gasteiger partial charge on any atom is -0.481 e. The third-order valence-electron chi connectivity index (χ3n) is 6.71. The molecule has 0 aromatic heterocycles. The number of fused-ring (bicyclic) bond motifs is 3. The number of carboxylic acids is 1. The molecule has 0 heterocycles. The largest absolute Gasteiger partial charge is 0.481 e. The summed E-state index contributed by atoms with van der Waals surface area (Å²) in [5.74, 6) is -0.671. The number of ether oxygens (including phenoxy) is 2. The molecule has 0 saturated heterocycles. The molecule has 8 heteroatoms. The van der Waals surface area contributed by atoms with Crippen molar-refractivity contribution in [2.24, 2.45) is 11.8 Å². The van der Waals surface area contributed by atoms with Gasteiger partial charge in [0.05, 0.1) is 6.54 Å². The highest BCUT2D eigenvalue weighted by Crippen LogP contribution is 2.44. The Morgan fingerprint density at radius 3 is 2.18 bits per heavy atom. The van der Waals surface area contributed by atoms with Crippen molar-refractivity contribution in [3.05, 3.63) is 59.7 Å². The van der Waals surface area contributed by atoms with Gasteiger partial charge in [-0.1, -0.05) is 48.5 Å². The summed E-state index contributed by atoms with van der Waals surface area (Å²) in [5, 5.41) is 14.3. The Morgan fingerprint density at radius 1 is 0.971 bits per heavy atom. The Hall–Kier alpha value is -3.39. The van der Waals surface area contributed by atoms with Crippen molar-refractivity contribution in [3.63, 3.8) is 0 Å². The molecule has 0 bridgehead atoms. The standard InChI is InChI=1S/C26H30N2O6/c1-33-23(25(31)27-13-17-10-16(11-17)12-24(29)30)14-28-26(32)34-15-22-20-8-4-2-6-18(20)19-7-3-5-9-21(19)22/h2-9,16-17,22-23H,10-15H2,1H3,(H,27,31)(H,28,32)(H,29,30). The van der Waals surface area contributed by atoms with Crippen molar-refractivity contribution in [1.82, 2.24) is 10.6 Å². The SMILES string of the molecule is COC(CNC(=O)OCC1c2ccccc2-c2ccccc21)C(=O)NCC1CC(CC(=O)O)C1. The average molecular weight is 467 g/mol. The first-order valence-corrected chi connectivity index (χ1v) is 11.6. The van der Waals surface area contributed by atoms with Crippen LogP contribution < -0.4 is 10.6 Å². The van der Waals surface area contributed by atoms with Gasteiger partial charge in [0.2, 0.25) is 0 Å². The lowest BCUT2D eigenvalue weighted by Crippen LogP contribution is -2.46. The van der Waals surface area contributed by atoms with Crippen LogP contribution in [0.25, 0.3) is 11.1 Å². The Morgan fingerprint density at radius 2 is 1.59 bits per heavy atom. The predicted molar refractivity (Wildman–Crippen MR) is 125 cm³/mol. The zero-order valence-electron chi connectivity index (χ0n) is 19.2. The van der Waals surface area contributed by atoms with Gasteiger partial charge in [-0.15, -0.1) is 0 Å². The molecular weight excluding hydrogens is 436 g/mol. The van der Waals surface area contributed by atoms with Crippen molar-refractivity contribution < 1.29 is 29.0 Å². The highest BCUT2D eigenvalue weighted by Gasteiger charge is 2.32. The van der Waals surface area contributed by atoms with E-state index in [1.807, 2.05) is 24.3 Å². The summed E-state index contributed by atoms with van der Waals surface area (Å²) in [6, 6.07) is 16.2. The lowest BCUT2D eigenvalue weighted by atomic mass is 9.73. The number of benzene rings is 2. The quantitative estimate of drug-likeness (QED) is 0.496. The Balaban J connectivity index is 1.21. The van der Waals surface area contributed by atoms with Crippen LogP contribution in [-0.2, 0) is 19.1 Å². The van der Waals surface area contributed by atoms with Gasteiger partial charge < -0.3 is 25.2 Å². The lowest BCUT2D eigenvalue weighted by Gasteiger charge is -2.34. The van der Waals surface area contributed by atoms with E-state index in [1.54, 1.807) is 0 Å². The molecule has 0 aliphatic heterocycles. The molecule has 8 nitrogen and oxygen atoms in total. The van der Waals surface area contributed by atoms with E-state index < -0.39 is 18.2 Å². The zero-order valence-corrected chi connectivity index (χ0v) is 19.2. The maximum absolute atomic E-state index is 12.4. The molecule has 2 aliphatic carbocycles. The van der Waals surface area contributed by atoms with E-state index in [9.17, 15) is 14.4 Å². The van der Waals surface area contributed by atoms with E-state index in [0.29, 0.717) is 6.54 Å². The summed E-state index contributed by atoms with van der Waals surface area (Å²) in [4.78, 5) is 35.5. The fourth-order valence-corrected chi connectivity index (χ4v) is 4.92. The summed E-state index contributed by atoms with van der Waals surface area (Å²) in [6.07, 6.45) is 0.322. The smallest absolute Gasteiger partial charge is 0.407 e. The second-order valence-electron chi connectivity index (χ2n) is 8.98.